The number of rotatable bonds is 8. The first-order chi connectivity index (χ1) is 10.0. The molecular weight excluding hydrogens is 356 g/mol. The van der Waals surface area contributed by atoms with Crippen LogP contribution in [0.2, 0.25) is 5.02 Å². The van der Waals surface area contributed by atoms with Gasteiger partial charge in [-0.2, -0.15) is 0 Å². The Hall–Kier alpha value is -0.620. The number of nitrogens with one attached hydrogen (secondary N) is 1. The highest BCUT2D eigenvalue weighted by atomic mass is 79.9. The summed E-state index contributed by atoms with van der Waals surface area (Å²) in [6.07, 6.45) is 0. The zero-order valence-corrected chi connectivity index (χ0v) is 15.0. The van der Waals surface area contributed by atoms with Crippen LogP contribution in [0.15, 0.2) is 22.7 Å². The van der Waals surface area contributed by atoms with Crippen molar-refractivity contribution in [3.05, 3.63) is 33.3 Å². The zero-order valence-electron chi connectivity index (χ0n) is 12.7. The van der Waals surface area contributed by atoms with Crippen LogP contribution >= 0.6 is 27.5 Å². The molecule has 0 aliphatic carbocycles. The molecule has 0 aliphatic heterocycles. The minimum Gasteiger partial charge on any atom is -0.468 e. The van der Waals surface area contributed by atoms with Crippen molar-refractivity contribution in [3.63, 3.8) is 0 Å². The third-order valence-corrected chi connectivity index (χ3v) is 4.30. The number of likely N-dealkylation sites (N-methyl/N-ethyl adjacent to an activating group) is 1. The van der Waals surface area contributed by atoms with E-state index in [9.17, 15) is 4.79 Å². The van der Waals surface area contributed by atoms with Gasteiger partial charge in [0.1, 0.15) is 6.04 Å². The van der Waals surface area contributed by atoms with Gasteiger partial charge in [0.15, 0.2) is 0 Å². The molecule has 0 heterocycles. The Morgan fingerprint density at radius 2 is 2.10 bits per heavy atom. The molecule has 0 aliphatic rings. The van der Waals surface area contributed by atoms with Crippen LogP contribution < -0.4 is 5.32 Å². The first-order valence-electron chi connectivity index (χ1n) is 7.01. The molecule has 0 spiro atoms. The second-order valence-corrected chi connectivity index (χ2v) is 5.89. The number of halogens is 2. The molecule has 1 aromatic rings. The predicted molar refractivity (Wildman–Crippen MR) is 89.7 cm³/mol. The molecule has 1 rings (SSSR count). The molecular formula is C15H22BrClN2O2. The van der Waals surface area contributed by atoms with Gasteiger partial charge in [0.25, 0.3) is 0 Å². The van der Waals surface area contributed by atoms with Crippen LogP contribution in [0, 0.1) is 0 Å². The Kier molecular flexibility index (Phi) is 8.26. The normalized spacial score (nSPS) is 12.5. The monoisotopic (exact) mass is 376 g/mol. The average Bonchev–Trinajstić information content (AvgIpc) is 2.48. The maximum absolute atomic E-state index is 12.0. The predicted octanol–water partition coefficient (Wildman–Crippen LogP) is 3.25. The number of ether oxygens (including phenoxy) is 1. The molecule has 4 nitrogen and oxygen atoms in total. The largest absolute Gasteiger partial charge is 0.468 e. The van der Waals surface area contributed by atoms with Gasteiger partial charge in [-0.05, 0) is 30.8 Å². The number of methoxy groups -OCH3 is 1. The van der Waals surface area contributed by atoms with Crippen LogP contribution in [0.4, 0.5) is 0 Å². The molecule has 0 fully saturated rings. The molecule has 0 bridgehead atoms. The Labute approximate surface area is 139 Å². The quantitative estimate of drug-likeness (QED) is 0.706. The summed E-state index contributed by atoms with van der Waals surface area (Å²) in [5.74, 6) is -0.308. The molecule has 0 saturated heterocycles. The van der Waals surface area contributed by atoms with Crippen molar-refractivity contribution >= 4 is 33.5 Å². The van der Waals surface area contributed by atoms with Gasteiger partial charge in [-0.3, -0.25) is 5.32 Å². The van der Waals surface area contributed by atoms with E-state index in [-0.39, 0.29) is 5.97 Å². The van der Waals surface area contributed by atoms with Gasteiger partial charge in [-0.1, -0.05) is 47.4 Å². The molecule has 0 amide bonds. The molecule has 1 unspecified atom stereocenters. The van der Waals surface area contributed by atoms with Crippen molar-refractivity contribution in [1.82, 2.24) is 10.2 Å². The van der Waals surface area contributed by atoms with Gasteiger partial charge in [-0.15, -0.1) is 0 Å². The maximum atomic E-state index is 12.0. The summed E-state index contributed by atoms with van der Waals surface area (Å²) in [4.78, 5) is 14.3. The Balaban J connectivity index is 2.79. The number of hydrogen-bond acceptors (Lipinski definition) is 4. The van der Waals surface area contributed by atoms with E-state index >= 15 is 0 Å². The molecule has 0 saturated carbocycles. The van der Waals surface area contributed by atoms with Crippen LogP contribution in [0.1, 0.15) is 25.5 Å². The summed E-state index contributed by atoms with van der Waals surface area (Å²) in [6.45, 7) is 7.81. The van der Waals surface area contributed by atoms with Crippen molar-refractivity contribution < 1.29 is 9.53 Å². The van der Waals surface area contributed by atoms with Crippen molar-refractivity contribution in [2.75, 3.05) is 33.3 Å². The fourth-order valence-corrected chi connectivity index (χ4v) is 2.99. The van der Waals surface area contributed by atoms with Crippen LogP contribution in [0.3, 0.4) is 0 Å². The zero-order chi connectivity index (χ0) is 15.8. The van der Waals surface area contributed by atoms with E-state index in [1.165, 1.54) is 7.11 Å². The Morgan fingerprint density at radius 3 is 2.62 bits per heavy atom. The minimum absolute atomic E-state index is 0.308. The van der Waals surface area contributed by atoms with Gasteiger partial charge in [0, 0.05) is 22.6 Å². The fourth-order valence-electron chi connectivity index (χ4n) is 2.08. The first kappa shape index (κ1) is 18.4. The molecule has 1 atom stereocenters. The molecule has 1 aromatic carbocycles. The fraction of sp³-hybridized carbons (Fsp3) is 0.533. The van der Waals surface area contributed by atoms with Gasteiger partial charge >= 0.3 is 5.97 Å². The van der Waals surface area contributed by atoms with E-state index < -0.39 is 6.04 Å². The molecule has 21 heavy (non-hydrogen) atoms. The molecule has 118 valence electrons. The third kappa shape index (κ3) is 5.58. The van der Waals surface area contributed by atoms with Crippen LogP contribution in [-0.2, 0) is 9.53 Å². The smallest absolute Gasteiger partial charge is 0.327 e. The number of benzene rings is 1. The lowest BCUT2D eigenvalue weighted by Crippen LogP contribution is -2.37. The Morgan fingerprint density at radius 1 is 1.43 bits per heavy atom. The molecule has 0 aromatic heterocycles. The van der Waals surface area contributed by atoms with Gasteiger partial charge < -0.3 is 9.64 Å². The number of hydrogen-bond donors (Lipinski definition) is 1. The lowest BCUT2D eigenvalue weighted by molar-refractivity contribution is -0.143. The maximum Gasteiger partial charge on any atom is 0.327 e. The average molecular weight is 378 g/mol. The highest BCUT2D eigenvalue weighted by Gasteiger charge is 2.23. The molecule has 0 radical (unpaired) electrons. The summed E-state index contributed by atoms with van der Waals surface area (Å²) in [6, 6.07) is 4.87. The molecule has 6 heteroatoms. The van der Waals surface area contributed by atoms with E-state index in [1.54, 1.807) is 12.1 Å². The van der Waals surface area contributed by atoms with Crippen molar-refractivity contribution in [2.45, 2.75) is 19.9 Å². The van der Waals surface area contributed by atoms with E-state index in [4.69, 9.17) is 16.3 Å². The minimum atomic E-state index is -0.503. The van der Waals surface area contributed by atoms with E-state index in [2.05, 4.69) is 40.0 Å². The third-order valence-electron chi connectivity index (χ3n) is 3.38. The highest BCUT2D eigenvalue weighted by Crippen LogP contribution is 2.27. The van der Waals surface area contributed by atoms with Crippen LogP contribution in [-0.4, -0.2) is 44.2 Å². The van der Waals surface area contributed by atoms with Crippen molar-refractivity contribution in [1.29, 1.82) is 0 Å². The van der Waals surface area contributed by atoms with E-state index in [1.807, 2.05) is 6.07 Å². The summed E-state index contributed by atoms with van der Waals surface area (Å²) >= 11 is 9.40. The van der Waals surface area contributed by atoms with Crippen LogP contribution in [0.5, 0.6) is 0 Å². The second kappa shape index (κ2) is 9.41. The lowest BCUT2D eigenvalue weighted by atomic mass is 10.1. The van der Waals surface area contributed by atoms with E-state index in [0.717, 1.165) is 29.7 Å². The standard InChI is InChI=1S/C15H22BrClN2O2/c1-4-19(5-2)9-8-18-14(15(20)21-3)12-7-6-11(17)10-13(12)16/h6-7,10,14,18H,4-5,8-9H2,1-3H3. The van der Waals surface area contributed by atoms with Crippen LogP contribution in [0.25, 0.3) is 0 Å². The van der Waals surface area contributed by atoms with Crippen molar-refractivity contribution in [3.8, 4) is 0 Å². The molecule has 1 N–H and O–H groups in total. The van der Waals surface area contributed by atoms with Gasteiger partial charge in [0.2, 0.25) is 0 Å². The lowest BCUT2D eigenvalue weighted by Gasteiger charge is -2.22. The van der Waals surface area contributed by atoms with Gasteiger partial charge in [-0.25, -0.2) is 4.79 Å². The summed E-state index contributed by atoms with van der Waals surface area (Å²) in [5.41, 5.74) is 0.825. The topological polar surface area (TPSA) is 41.6 Å². The number of carbonyl (C=O) groups is 1. The number of nitrogens with zero attached hydrogens (tertiary/aromatic N) is 1. The first-order valence-corrected chi connectivity index (χ1v) is 8.19. The van der Waals surface area contributed by atoms with Gasteiger partial charge in [0.05, 0.1) is 7.11 Å². The summed E-state index contributed by atoms with van der Waals surface area (Å²) in [7, 11) is 1.39. The number of esters is 1. The highest BCUT2D eigenvalue weighted by molar-refractivity contribution is 9.10. The SMILES string of the molecule is CCN(CC)CCNC(C(=O)OC)c1ccc(Cl)cc1Br. The second-order valence-electron chi connectivity index (χ2n) is 4.60. The Bertz CT molecular complexity index is 467. The summed E-state index contributed by atoms with van der Waals surface area (Å²) in [5, 5.41) is 3.88. The van der Waals surface area contributed by atoms with E-state index in [0.29, 0.717) is 11.6 Å². The van der Waals surface area contributed by atoms with Crippen molar-refractivity contribution in [2.24, 2.45) is 0 Å². The summed E-state index contributed by atoms with van der Waals surface area (Å²) < 4.78 is 5.69. The number of carbonyl (C=O) groups excluding carboxylic acids is 1.